The van der Waals surface area contributed by atoms with Crippen LogP contribution in [-0.4, -0.2) is 49.2 Å². The smallest absolute Gasteiger partial charge is 0.252 e. The van der Waals surface area contributed by atoms with Crippen molar-refractivity contribution in [1.82, 2.24) is 10.2 Å². The normalized spacial score (nSPS) is 11.7. The monoisotopic (exact) mass is 292 g/mol. The van der Waals surface area contributed by atoms with Gasteiger partial charge in [0.25, 0.3) is 5.91 Å². The Labute approximate surface area is 125 Å². The third-order valence-electron chi connectivity index (χ3n) is 3.13. The van der Waals surface area contributed by atoms with Gasteiger partial charge in [0, 0.05) is 24.6 Å². The molecular formula is C16H21FN2O2. The van der Waals surface area contributed by atoms with Crippen LogP contribution in [0.25, 0.3) is 0 Å². The maximum absolute atomic E-state index is 13.3. The van der Waals surface area contributed by atoms with Crippen molar-refractivity contribution >= 4 is 5.91 Å². The van der Waals surface area contributed by atoms with Crippen molar-refractivity contribution in [3.8, 4) is 11.8 Å². The van der Waals surface area contributed by atoms with E-state index in [1.807, 2.05) is 25.9 Å². The summed E-state index contributed by atoms with van der Waals surface area (Å²) >= 11 is 0. The van der Waals surface area contributed by atoms with Crippen LogP contribution in [0.5, 0.6) is 0 Å². The molecule has 1 unspecified atom stereocenters. The van der Waals surface area contributed by atoms with E-state index in [1.165, 1.54) is 18.2 Å². The highest BCUT2D eigenvalue weighted by Gasteiger charge is 2.13. The molecule has 0 aliphatic rings. The first-order valence-corrected chi connectivity index (χ1v) is 6.79. The molecule has 114 valence electrons. The zero-order valence-electron chi connectivity index (χ0n) is 12.6. The third kappa shape index (κ3) is 5.54. The third-order valence-corrected chi connectivity index (χ3v) is 3.13. The van der Waals surface area contributed by atoms with Gasteiger partial charge in [-0.15, -0.1) is 0 Å². The quantitative estimate of drug-likeness (QED) is 0.803. The Bertz CT molecular complexity index is 547. The van der Waals surface area contributed by atoms with Gasteiger partial charge in [0.1, 0.15) is 5.82 Å². The van der Waals surface area contributed by atoms with Gasteiger partial charge < -0.3 is 15.3 Å². The number of nitrogens with zero attached hydrogens (tertiary/aromatic N) is 1. The molecule has 0 aliphatic heterocycles. The summed E-state index contributed by atoms with van der Waals surface area (Å²) in [6.45, 7) is 2.40. The average Bonchev–Trinajstić information content (AvgIpc) is 2.45. The van der Waals surface area contributed by atoms with E-state index in [2.05, 4.69) is 17.2 Å². The second kappa shape index (κ2) is 8.40. The SMILES string of the molecule is CC(CNC(=O)c1cc(F)ccc1C#CCCO)N(C)C. The van der Waals surface area contributed by atoms with E-state index in [9.17, 15) is 9.18 Å². The fourth-order valence-electron chi connectivity index (χ4n) is 1.55. The van der Waals surface area contributed by atoms with E-state index in [-0.39, 0.29) is 24.1 Å². The number of likely N-dealkylation sites (N-methyl/N-ethyl adjacent to an activating group) is 1. The zero-order valence-corrected chi connectivity index (χ0v) is 12.6. The van der Waals surface area contributed by atoms with Crippen LogP contribution in [0.15, 0.2) is 18.2 Å². The van der Waals surface area contributed by atoms with Gasteiger partial charge in [0.2, 0.25) is 0 Å². The van der Waals surface area contributed by atoms with Crippen molar-refractivity contribution < 1.29 is 14.3 Å². The number of benzene rings is 1. The molecule has 0 bridgehead atoms. The lowest BCUT2D eigenvalue weighted by Crippen LogP contribution is -2.38. The van der Waals surface area contributed by atoms with Gasteiger partial charge in [0.05, 0.1) is 12.2 Å². The van der Waals surface area contributed by atoms with E-state index >= 15 is 0 Å². The first-order chi connectivity index (χ1) is 9.95. The number of hydrogen-bond donors (Lipinski definition) is 2. The minimum atomic E-state index is -0.478. The fourth-order valence-corrected chi connectivity index (χ4v) is 1.55. The summed E-state index contributed by atoms with van der Waals surface area (Å²) in [5.74, 6) is 4.69. The molecule has 4 nitrogen and oxygen atoms in total. The minimum Gasteiger partial charge on any atom is -0.395 e. The summed E-state index contributed by atoms with van der Waals surface area (Å²) in [5.41, 5.74) is 0.672. The summed E-state index contributed by atoms with van der Waals surface area (Å²) in [4.78, 5) is 14.1. The van der Waals surface area contributed by atoms with Crippen LogP contribution >= 0.6 is 0 Å². The second-order valence-corrected chi connectivity index (χ2v) is 4.99. The molecule has 0 fully saturated rings. The van der Waals surface area contributed by atoms with Crippen LogP contribution < -0.4 is 5.32 Å². The summed E-state index contributed by atoms with van der Waals surface area (Å²) in [7, 11) is 3.84. The summed E-state index contributed by atoms with van der Waals surface area (Å²) < 4.78 is 13.3. The minimum absolute atomic E-state index is 0.0456. The van der Waals surface area contributed by atoms with Gasteiger partial charge in [-0.25, -0.2) is 4.39 Å². The lowest BCUT2D eigenvalue weighted by atomic mass is 10.1. The predicted molar refractivity (Wildman–Crippen MR) is 80.5 cm³/mol. The number of rotatable bonds is 5. The molecule has 0 heterocycles. The van der Waals surface area contributed by atoms with Gasteiger partial charge in [-0.2, -0.15) is 0 Å². The second-order valence-electron chi connectivity index (χ2n) is 4.99. The van der Waals surface area contributed by atoms with Crippen molar-refractivity contribution in [2.24, 2.45) is 0 Å². The number of amides is 1. The standard InChI is InChI=1S/C16H21FN2O2/c1-12(19(2)3)11-18-16(21)15-10-14(17)8-7-13(15)6-4-5-9-20/h7-8,10,12,20H,5,9,11H2,1-3H3,(H,18,21). The predicted octanol–water partition coefficient (Wildman–Crippen LogP) is 1.24. The lowest BCUT2D eigenvalue weighted by molar-refractivity contribution is 0.0943. The molecule has 0 saturated heterocycles. The molecule has 0 aliphatic carbocycles. The van der Waals surface area contributed by atoms with Gasteiger partial charge in [-0.3, -0.25) is 4.79 Å². The van der Waals surface area contributed by atoms with Crippen LogP contribution in [0.1, 0.15) is 29.3 Å². The molecule has 1 aromatic carbocycles. The van der Waals surface area contributed by atoms with E-state index < -0.39 is 5.82 Å². The number of carbonyl (C=O) groups excluding carboxylic acids is 1. The Hall–Kier alpha value is -1.90. The summed E-state index contributed by atoms with van der Waals surface area (Å²) in [6.07, 6.45) is 0.316. The molecule has 1 rings (SSSR count). The molecule has 0 saturated carbocycles. The highest BCUT2D eigenvalue weighted by Crippen LogP contribution is 2.10. The van der Waals surface area contributed by atoms with E-state index in [4.69, 9.17) is 5.11 Å². The average molecular weight is 292 g/mol. The molecule has 21 heavy (non-hydrogen) atoms. The fraction of sp³-hybridized carbons (Fsp3) is 0.438. The number of aliphatic hydroxyl groups excluding tert-OH is 1. The van der Waals surface area contributed by atoms with Crippen molar-refractivity contribution in [3.63, 3.8) is 0 Å². The Kier molecular flexibility index (Phi) is 6.86. The van der Waals surface area contributed by atoms with E-state index in [0.29, 0.717) is 18.5 Å². The molecule has 0 radical (unpaired) electrons. The lowest BCUT2D eigenvalue weighted by Gasteiger charge is -2.20. The molecule has 1 atom stereocenters. The van der Waals surface area contributed by atoms with Crippen LogP contribution in [0.3, 0.4) is 0 Å². The topological polar surface area (TPSA) is 52.6 Å². The van der Waals surface area contributed by atoms with Crippen LogP contribution in [0.4, 0.5) is 4.39 Å². The zero-order chi connectivity index (χ0) is 15.8. The number of nitrogens with one attached hydrogen (secondary N) is 1. The van der Waals surface area contributed by atoms with Gasteiger partial charge in [-0.1, -0.05) is 11.8 Å². The van der Waals surface area contributed by atoms with Gasteiger partial charge in [-0.05, 0) is 39.2 Å². The van der Waals surface area contributed by atoms with Crippen molar-refractivity contribution in [3.05, 3.63) is 35.1 Å². The first-order valence-electron chi connectivity index (χ1n) is 6.79. The maximum atomic E-state index is 13.3. The Morgan fingerprint density at radius 3 is 2.81 bits per heavy atom. The maximum Gasteiger partial charge on any atom is 0.252 e. The molecule has 1 aromatic rings. The number of hydrogen-bond acceptors (Lipinski definition) is 3. The first kappa shape index (κ1) is 17.2. The highest BCUT2D eigenvalue weighted by molar-refractivity contribution is 5.96. The van der Waals surface area contributed by atoms with Crippen molar-refractivity contribution in [1.29, 1.82) is 0 Å². The largest absolute Gasteiger partial charge is 0.395 e. The number of halogens is 1. The summed E-state index contributed by atoms with van der Waals surface area (Å²) in [6, 6.07) is 4.09. The molecule has 5 heteroatoms. The van der Waals surface area contributed by atoms with E-state index in [1.54, 1.807) is 0 Å². The number of carbonyl (C=O) groups is 1. The van der Waals surface area contributed by atoms with Crippen LogP contribution in [0, 0.1) is 17.7 Å². The van der Waals surface area contributed by atoms with Gasteiger partial charge in [0.15, 0.2) is 0 Å². The Morgan fingerprint density at radius 1 is 1.48 bits per heavy atom. The van der Waals surface area contributed by atoms with Gasteiger partial charge >= 0.3 is 0 Å². The Balaban J connectivity index is 2.87. The van der Waals surface area contributed by atoms with Crippen molar-refractivity contribution in [2.45, 2.75) is 19.4 Å². The molecular weight excluding hydrogens is 271 g/mol. The molecule has 0 aromatic heterocycles. The van der Waals surface area contributed by atoms with Crippen molar-refractivity contribution in [2.75, 3.05) is 27.2 Å². The van der Waals surface area contributed by atoms with Crippen LogP contribution in [-0.2, 0) is 0 Å². The molecule has 2 N–H and O–H groups in total. The Morgan fingerprint density at radius 2 is 2.19 bits per heavy atom. The highest BCUT2D eigenvalue weighted by atomic mass is 19.1. The molecule has 0 spiro atoms. The van der Waals surface area contributed by atoms with E-state index in [0.717, 1.165) is 0 Å². The molecule has 1 amide bonds. The van der Waals surface area contributed by atoms with Crippen LogP contribution in [0.2, 0.25) is 0 Å². The summed E-state index contributed by atoms with van der Waals surface area (Å²) in [5, 5.41) is 11.5. The number of aliphatic hydroxyl groups is 1.